The van der Waals surface area contributed by atoms with Crippen LogP contribution in [0.25, 0.3) is 0 Å². The molecule has 2 rings (SSSR count). The zero-order chi connectivity index (χ0) is 10.8. The third-order valence-electron chi connectivity index (χ3n) is 2.90. The summed E-state index contributed by atoms with van der Waals surface area (Å²) in [5.41, 5.74) is 0. The number of aryl methyl sites for hydroxylation is 1. The number of hydrogen-bond donors (Lipinski definition) is 2. The fourth-order valence-corrected chi connectivity index (χ4v) is 1.60. The average molecular weight is 208 g/mol. The molecule has 5 heteroatoms. The molecular weight excluding hydrogens is 192 g/mol. The van der Waals surface area contributed by atoms with Crippen LogP contribution in [0.3, 0.4) is 0 Å². The first-order valence-electron chi connectivity index (χ1n) is 5.18. The molecule has 1 aliphatic rings. The minimum atomic E-state index is 0.0493. The van der Waals surface area contributed by atoms with E-state index in [0.29, 0.717) is 11.7 Å². The monoisotopic (exact) mass is 208 g/mol. The predicted octanol–water partition coefficient (Wildman–Crippen LogP) is 0.214. The van der Waals surface area contributed by atoms with Crippen molar-refractivity contribution < 1.29 is 4.79 Å². The largest absolute Gasteiger partial charge is 0.316 e. The molecule has 0 bridgehead atoms. The molecular formula is C10H16N4O. The summed E-state index contributed by atoms with van der Waals surface area (Å²) in [5.74, 6) is 1.20. The normalized spacial score (nSPS) is 18.3. The third kappa shape index (κ3) is 2.18. The Bertz CT molecular complexity index is 356. The molecule has 1 aromatic rings. The average Bonchev–Trinajstić information content (AvgIpc) is 2.48. The van der Waals surface area contributed by atoms with Crippen LogP contribution in [0.5, 0.6) is 0 Å². The number of nitrogens with one attached hydrogen (secondary N) is 2. The second-order valence-electron chi connectivity index (χ2n) is 4.07. The Morgan fingerprint density at radius 1 is 1.73 bits per heavy atom. The first kappa shape index (κ1) is 10.2. The molecule has 1 fully saturated rings. The van der Waals surface area contributed by atoms with Crippen molar-refractivity contribution >= 4 is 11.7 Å². The molecule has 1 atom stereocenters. The van der Waals surface area contributed by atoms with Gasteiger partial charge in [0.15, 0.2) is 5.82 Å². The highest BCUT2D eigenvalue weighted by Gasteiger charge is 2.28. The van der Waals surface area contributed by atoms with Gasteiger partial charge in [-0.15, -0.1) is 0 Å². The summed E-state index contributed by atoms with van der Waals surface area (Å²) in [7, 11) is 1.83. The van der Waals surface area contributed by atoms with E-state index in [4.69, 9.17) is 0 Å². The molecule has 2 N–H and O–H groups in total. The molecule has 1 aliphatic heterocycles. The molecule has 0 spiro atoms. The molecule has 0 aliphatic carbocycles. The molecule has 1 unspecified atom stereocenters. The van der Waals surface area contributed by atoms with Gasteiger partial charge in [0.2, 0.25) is 5.91 Å². The van der Waals surface area contributed by atoms with Gasteiger partial charge in [0, 0.05) is 25.2 Å². The van der Waals surface area contributed by atoms with Gasteiger partial charge in [0.05, 0.1) is 0 Å². The maximum Gasteiger partial charge on any atom is 0.228 e. The van der Waals surface area contributed by atoms with E-state index in [1.165, 1.54) is 0 Å². The maximum atomic E-state index is 11.8. The number of anilines is 1. The minimum Gasteiger partial charge on any atom is -0.316 e. The lowest BCUT2D eigenvalue weighted by atomic mass is 9.88. The van der Waals surface area contributed by atoms with Gasteiger partial charge in [-0.3, -0.25) is 9.48 Å². The van der Waals surface area contributed by atoms with Crippen molar-refractivity contribution in [3.05, 3.63) is 12.3 Å². The van der Waals surface area contributed by atoms with Gasteiger partial charge >= 0.3 is 0 Å². The zero-order valence-electron chi connectivity index (χ0n) is 9.03. The summed E-state index contributed by atoms with van der Waals surface area (Å²) in [4.78, 5) is 11.8. The van der Waals surface area contributed by atoms with E-state index < -0.39 is 0 Å². The number of nitrogens with zero attached hydrogens (tertiary/aromatic N) is 2. The van der Waals surface area contributed by atoms with E-state index in [-0.39, 0.29) is 11.8 Å². The topological polar surface area (TPSA) is 59.0 Å². The number of aromatic nitrogens is 2. The standard InChI is InChI=1S/C10H16N4O/c1-7(8-5-11-6-8)10(15)12-9-3-4-14(2)13-9/h3-4,7-8,11H,5-6H2,1-2H3,(H,12,13,15). The highest BCUT2D eigenvalue weighted by Crippen LogP contribution is 2.17. The van der Waals surface area contributed by atoms with E-state index in [1.807, 2.05) is 20.2 Å². The van der Waals surface area contributed by atoms with Gasteiger partial charge in [-0.2, -0.15) is 5.10 Å². The van der Waals surface area contributed by atoms with E-state index in [0.717, 1.165) is 13.1 Å². The fraction of sp³-hybridized carbons (Fsp3) is 0.600. The first-order chi connectivity index (χ1) is 7.16. The van der Waals surface area contributed by atoms with Crippen LogP contribution in [-0.2, 0) is 11.8 Å². The van der Waals surface area contributed by atoms with Crippen LogP contribution >= 0.6 is 0 Å². The van der Waals surface area contributed by atoms with Gasteiger partial charge in [-0.05, 0) is 19.0 Å². The van der Waals surface area contributed by atoms with Crippen LogP contribution < -0.4 is 10.6 Å². The summed E-state index contributed by atoms with van der Waals surface area (Å²) in [5, 5.41) is 10.1. The SMILES string of the molecule is CC(C(=O)Nc1ccn(C)n1)C1CNC1. The summed E-state index contributed by atoms with van der Waals surface area (Å²) in [6, 6.07) is 1.80. The van der Waals surface area contributed by atoms with Crippen molar-refractivity contribution in [3.63, 3.8) is 0 Å². The fourth-order valence-electron chi connectivity index (χ4n) is 1.60. The van der Waals surface area contributed by atoms with Crippen LogP contribution in [0.1, 0.15) is 6.92 Å². The molecule has 5 nitrogen and oxygen atoms in total. The summed E-state index contributed by atoms with van der Waals surface area (Å²) < 4.78 is 1.67. The van der Waals surface area contributed by atoms with Crippen molar-refractivity contribution in [2.75, 3.05) is 18.4 Å². The van der Waals surface area contributed by atoms with Crippen LogP contribution in [-0.4, -0.2) is 28.8 Å². The van der Waals surface area contributed by atoms with Gasteiger partial charge in [0.25, 0.3) is 0 Å². The van der Waals surface area contributed by atoms with Gasteiger partial charge in [-0.25, -0.2) is 0 Å². The second kappa shape index (κ2) is 4.02. The van der Waals surface area contributed by atoms with E-state index in [2.05, 4.69) is 15.7 Å². The Labute approximate surface area is 88.8 Å². The van der Waals surface area contributed by atoms with Crippen molar-refractivity contribution in [2.45, 2.75) is 6.92 Å². The summed E-state index contributed by atoms with van der Waals surface area (Å²) in [6.45, 7) is 3.84. The Kier molecular flexibility index (Phi) is 2.73. The Morgan fingerprint density at radius 2 is 2.47 bits per heavy atom. The molecule has 2 heterocycles. The Balaban J connectivity index is 1.91. The lowest BCUT2D eigenvalue weighted by Gasteiger charge is -2.31. The summed E-state index contributed by atoms with van der Waals surface area (Å²) >= 11 is 0. The Hall–Kier alpha value is -1.36. The van der Waals surface area contributed by atoms with E-state index >= 15 is 0 Å². The number of rotatable bonds is 3. The number of amides is 1. The molecule has 0 radical (unpaired) electrons. The lowest BCUT2D eigenvalue weighted by molar-refractivity contribution is -0.121. The third-order valence-corrected chi connectivity index (χ3v) is 2.90. The highest BCUT2D eigenvalue weighted by atomic mass is 16.2. The van der Waals surface area contributed by atoms with Crippen molar-refractivity contribution in [1.29, 1.82) is 0 Å². The van der Waals surface area contributed by atoms with Gasteiger partial charge in [-0.1, -0.05) is 6.92 Å². The minimum absolute atomic E-state index is 0.0493. The molecule has 1 aromatic heterocycles. The molecule has 0 aromatic carbocycles. The van der Waals surface area contributed by atoms with Gasteiger partial charge < -0.3 is 10.6 Å². The van der Waals surface area contributed by atoms with E-state index in [1.54, 1.807) is 10.7 Å². The molecule has 1 amide bonds. The Morgan fingerprint density at radius 3 is 2.93 bits per heavy atom. The van der Waals surface area contributed by atoms with E-state index in [9.17, 15) is 4.79 Å². The first-order valence-corrected chi connectivity index (χ1v) is 5.18. The van der Waals surface area contributed by atoms with Crippen LogP contribution in [0.15, 0.2) is 12.3 Å². The van der Waals surface area contributed by atoms with Crippen LogP contribution in [0.2, 0.25) is 0 Å². The smallest absolute Gasteiger partial charge is 0.228 e. The van der Waals surface area contributed by atoms with Crippen LogP contribution in [0, 0.1) is 11.8 Å². The second-order valence-corrected chi connectivity index (χ2v) is 4.07. The van der Waals surface area contributed by atoms with Crippen molar-refractivity contribution in [3.8, 4) is 0 Å². The number of carbonyl (C=O) groups is 1. The summed E-state index contributed by atoms with van der Waals surface area (Å²) in [6.07, 6.45) is 1.81. The van der Waals surface area contributed by atoms with Crippen LogP contribution in [0.4, 0.5) is 5.82 Å². The lowest BCUT2D eigenvalue weighted by Crippen LogP contribution is -2.48. The predicted molar refractivity (Wildman–Crippen MR) is 57.4 cm³/mol. The number of carbonyl (C=O) groups excluding carboxylic acids is 1. The maximum absolute atomic E-state index is 11.8. The molecule has 15 heavy (non-hydrogen) atoms. The molecule has 1 saturated heterocycles. The number of hydrogen-bond acceptors (Lipinski definition) is 3. The highest BCUT2D eigenvalue weighted by molar-refractivity contribution is 5.91. The molecule has 82 valence electrons. The van der Waals surface area contributed by atoms with Crippen molar-refractivity contribution in [2.24, 2.45) is 18.9 Å². The quantitative estimate of drug-likeness (QED) is 0.746. The van der Waals surface area contributed by atoms with Gasteiger partial charge in [0.1, 0.15) is 0 Å². The van der Waals surface area contributed by atoms with Crippen molar-refractivity contribution in [1.82, 2.24) is 15.1 Å². The zero-order valence-corrected chi connectivity index (χ0v) is 9.03. The molecule has 0 saturated carbocycles.